The lowest BCUT2D eigenvalue weighted by Gasteiger charge is -2.34. The Morgan fingerprint density at radius 1 is 1.04 bits per heavy atom. The molecular formula is C20H24N6. The SMILES string of the molecule is c1cc(N2CCC(NCCc3cnccn3)CC2)cc(-n2cccn2)c1. The van der Waals surface area contributed by atoms with Crippen LogP contribution in [0, 0.1) is 0 Å². The summed E-state index contributed by atoms with van der Waals surface area (Å²) < 4.78 is 1.91. The van der Waals surface area contributed by atoms with E-state index >= 15 is 0 Å². The third-order valence-electron chi connectivity index (χ3n) is 4.89. The zero-order chi connectivity index (χ0) is 17.6. The molecule has 0 atom stereocenters. The molecule has 0 unspecified atom stereocenters. The zero-order valence-corrected chi connectivity index (χ0v) is 14.8. The highest BCUT2D eigenvalue weighted by molar-refractivity contribution is 5.53. The zero-order valence-electron chi connectivity index (χ0n) is 14.8. The predicted molar refractivity (Wildman–Crippen MR) is 103 cm³/mol. The van der Waals surface area contributed by atoms with Crippen molar-refractivity contribution < 1.29 is 0 Å². The van der Waals surface area contributed by atoms with Crippen LogP contribution >= 0.6 is 0 Å². The molecule has 0 radical (unpaired) electrons. The van der Waals surface area contributed by atoms with Gasteiger partial charge in [0.2, 0.25) is 0 Å². The molecule has 6 heteroatoms. The van der Waals surface area contributed by atoms with Crippen molar-refractivity contribution >= 4 is 5.69 Å². The Bertz CT molecular complexity index is 794. The van der Waals surface area contributed by atoms with Crippen LogP contribution < -0.4 is 10.2 Å². The van der Waals surface area contributed by atoms with Crippen LogP contribution in [0.1, 0.15) is 18.5 Å². The molecule has 1 aliphatic rings. The van der Waals surface area contributed by atoms with Gasteiger partial charge >= 0.3 is 0 Å². The third-order valence-corrected chi connectivity index (χ3v) is 4.89. The molecule has 1 fully saturated rings. The van der Waals surface area contributed by atoms with Gasteiger partial charge in [-0.05, 0) is 37.1 Å². The maximum Gasteiger partial charge on any atom is 0.0666 e. The van der Waals surface area contributed by atoms with Gasteiger partial charge in [-0.15, -0.1) is 0 Å². The Kier molecular flexibility index (Phi) is 5.21. The van der Waals surface area contributed by atoms with Crippen LogP contribution in [-0.4, -0.2) is 45.4 Å². The van der Waals surface area contributed by atoms with E-state index in [-0.39, 0.29) is 0 Å². The first kappa shape index (κ1) is 16.7. The van der Waals surface area contributed by atoms with E-state index in [1.54, 1.807) is 12.4 Å². The lowest BCUT2D eigenvalue weighted by atomic mass is 10.0. The number of nitrogens with one attached hydrogen (secondary N) is 1. The molecule has 2 aromatic heterocycles. The van der Waals surface area contributed by atoms with E-state index in [1.165, 1.54) is 5.69 Å². The topological polar surface area (TPSA) is 58.9 Å². The van der Waals surface area contributed by atoms with Crippen LogP contribution in [0.2, 0.25) is 0 Å². The Morgan fingerprint density at radius 3 is 2.69 bits per heavy atom. The molecule has 3 heterocycles. The first-order valence-corrected chi connectivity index (χ1v) is 9.22. The number of rotatable bonds is 6. The smallest absolute Gasteiger partial charge is 0.0666 e. The summed E-state index contributed by atoms with van der Waals surface area (Å²) in [6.07, 6.45) is 12.4. The van der Waals surface area contributed by atoms with E-state index in [4.69, 9.17) is 0 Å². The molecular weight excluding hydrogens is 324 g/mol. The minimum atomic E-state index is 0.581. The average molecular weight is 348 g/mol. The third kappa shape index (κ3) is 4.08. The molecule has 1 aromatic carbocycles. The molecule has 0 saturated carbocycles. The van der Waals surface area contributed by atoms with Gasteiger partial charge in [-0.3, -0.25) is 9.97 Å². The standard InChI is InChI=1S/C20H24N6/c1-3-19(15-20(4-1)26-12-2-8-24-26)25-13-6-17(7-14-25)22-9-5-18-16-21-10-11-23-18/h1-4,8,10-12,15-17,22H,5-7,9,13-14H2. The average Bonchev–Trinajstić information content (AvgIpc) is 3.24. The predicted octanol–water partition coefficient (Wildman–Crippen LogP) is 2.46. The fraction of sp³-hybridized carbons (Fsp3) is 0.350. The van der Waals surface area contributed by atoms with Crippen molar-refractivity contribution in [2.45, 2.75) is 25.3 Å². The molecule has 134 valence electrons. The van der Waals surface area contributed by atoms with Crippen LogP contribution in [0.5, 0.6) is 0 Å². The highest BCUT2D eigenvalue weighted by Gasteiger charge is 2.19. The molecule has 3 aromatic rings. The second-order valence-electron chi connectivity index (χ2n) is 6.63. The number of benzene rings is 1. The van der Waals surface area contributed by atoms with Gasteiger partial charge in [-0.2, -0.15) is 5.10 Å². The van der Waals surface area contributed by atoms with E-state index in [0.717, 1.165) is 50.3 Å². The Hall–Kier alpha value is -2.73. The lowest BCUT2D eigenvalue weighted by Crippen LogP contribution is -2.43. The molecule has 26 heavy (non-hydrogen) atoms. The molecule has 0 bridgehead atoms. The summed E-state index contributed by atoms with van der Waals surface area (Å²) in [6, 6.07) is 11.1. The number of hydrogen-bond donors (Lipinski definition) is 1. The van der Waals surface area contributed by atoms with Gasteiger partial charge in [0.1, 0.15) is 0 Å². The van der Waals surface area contributed by atoms with Crippen molar-refractivity contribution in [3.8, 4) is 5.69 Å². The summed E-state index contributed by atoms with van der Waals surface area (Å²) in [5.74, 6) is 0. The fourth-order valence-electron chi connectivity index (χ4n) is 3.46. The second-order valence-corrected chi connectivity index (χ2v) is 6.63. The van der Waals surface area contributed by atoms with E-state index in [9.17, 15) is 0 Å². The molecule has 0 spiro atoms. The van der Waals surface area contributed by atoms with Crippen molar-refractivity contribution in [2.75, 3.05) is 24.5 Å². The van der Waals surface area contributed by atoms with Crippen LogP contribution in [0.25, 0.3) is 5.69 Å². The quantitative estimate of drug-likeness (QED) is 0.741. The molecule has 6 nitrogen and oxygen atoms in total. The largest absolute Gasteiger partial charge is 0.371 e. The van der Waals surface area contributed by atoms with Gasteiger partial charge in [-0.1, -0.05) is 6.07 Å². The fourth-order valence-corrected chi connectivity index (χ4v) is 3.46. The Balaban J connectivity index is 1.28. The van der Waals surface area contributed by atoms with Crippen LogP contribution in [-0.2, 0) is 6.42 Å². The van der Waals surface area contributed by atoms with E-state index in [2.05, 4.69) is 49.5 Å². The number of nitrogens with zero attached hydrogens (tertiary/aromatic N) is 5. The Labute approximate surface area is 153 Å². The number of hydrogen-bond acceptors (Lipinski definition) is 5. The Morgan fingerprint density at radius 2 is 1.92 bits per heavy atom. The van der Waals surface area contributed by atoms with Crippen molar-refractivity contribution in [3.05, 3.63) is 67.0 Å². The van der Waals surface area contributed by atoms with Gasteiger partial charge in [0, 0.05) is 68.8 Å². The maximum absolute atomic E-state index is 4.32. The number of aromatic nitrogens is 4. The minimum absolute atomic E-state index is 0.581. The van der Waals surface area contributed by atoms with Crippen LogP contribution in [0.15, 0.2) is 61.3 Å². The minimum Gasteiger partial charge on any atom is -0.371 e. The molecule has 0 aliphatic carbocycles. The van der Waals surface area contributed by atoms with E-state index in [0.29, 0.717) is 6.04 Å². The second kappa shape index (κ2) is 8.10. The number of anilines is 1. The molecule has 1 saturated heterocycles. The first-order valence-electron chi connectivity index (χ1n) is 9.22. The van der Waals surface area contributed by atoms with Gasteiger partial charge < -0.3 is 10.2 Å². The van der Waals surface area contributed by atoms with E-state index in [1.807, 2.05) is 29.3 Å². The number of piperidine rings is 1. The van der Waals surface area contributed by atoms with E-state index < -0.39 is 0 Å². The maximum atomic E-state index is 4.32. The van der Waals surface area contributed by atoms with Crippen LogP contribution in [0.4, 0.5) is 5.69 Å². The van der Waals surface area contributed by atoms with Crippen LogP contribution in [0.3, 0.4) is 0 Å². The van der Waals surface area contributed by atoms with Gasteiger partial charge in [0.25, 0.3) is 0 Å². The summed E-state index contributed by atoms with van der Waals surface area (Å²) >= 11 is 0. The van der Waals surface area contributed by atoms with Gasteiger partial charge in [0.15, 0.2) is 0 Å². The van der Waals surface area contributed by atoms with Crippen molar-refractivity contribution in [1.29, 1.82) is 0 Å². The lowest BCUT2D eigenvalue weighted by molar-refractivity contribution is 0.417. The normalized spacial score (nSPS) is 15.3. The summed E-state index contributed by atoms with van der Waals surface area (Å²) in [5.41, 5.74) is 3.43. The van der Waals surface area contributed by atoms with Crippen molar-refractivity contribution in [3.63, 3.8) is 0 Å². The van der Waals surface area contributed by atoms with Crippen molar-refractivity contribution in [1.82, 2.24) is 25.1 Å². The highest BCUT2D eigenvalue weighted by atomic mass is 15.3. The summed E-state index contributed by atoms with van der Waals surface area (Å²) in [7, 11) is 0. The highest BCUT2D eigenvalue weighted by Crippen LogP contribution is 2.22. The van der Waals surface area contributed by atoms with Crippen molar-refractivity contribution in [2.24, 2.45) is 0 Å². The molecule has 4 rings (SSSR count). The summed E-state index contributed by atoms with van der Waals surface area (Å²) in [6.45, 7) is 3.11. The monoisotopic (exact) mass is 348 g/mol. The summed E-state index contributed by atoms with van der Waals surface area (Å²) in [5, 5.41) is 7.99. The van der Waals surface area contributed by atoms with Gasteiger partial charge in [-0.25, -0.2) is 4.68 Å². The first-order chi connectivity index (χ1) is 12.9. The summed E-state index contributed by atoms with van der Waals surface area (Å²) in [4.78, 5) is 10.9. The molecule has 1 aliphatic heterocycles. The molecule has 1 N–H and O–H groups in total. The van der Waals surface area contributed by atoms with Gasteiger partial charge in [0.05, 0.1) is 11.4 Å². The molecule has 0 amide bonds.